The molecule has 29 heavy (non-hydrogen) atoms. The molecule has 0 N–H and O–H groups in total. The van der Waals surface area contributed by atoms with E-state index in [-0.39, 0.29) is 17.1 Å². The second-order valence-corrected chi connectivity index (χ2v) is 9.61. The Labute approximate surface area is 167 Å². The van der Waals surface area contributed by atoms with Gasteiger partial charge in [-0.05, 0) is 37.0 Å². The molecule has 3 aromatic rings. The minimum atomic E-state index is -3.35. The number of pyridine rings is 1. The molecule has 1 aromatic carbocycles. The van der Waals surface area contributed by atoms with Crippen LogP contribution in [0.1, 0.15) is 18.7 Å². The SMILES string of the molecule is Cn1cc(-c2nc(CS(C)(=O)=O)ncc2OCC2CC2)c2cc(F)ccc2c1=O. The summed E-state index contributed by atoms with van der Waals surface area (Å²) in [4.78, 5) is 21.0. The predicted molar refractivity (Wildman–Crippen MR) is 107 cm³/mol. The zero-order valence-corrected chi connectivity index (χ0v) is 16.9. The normalized spacial score (nSPS) is 14.3. The number of nitrogens with zero attached hydrogens (tertiary/aromatic N) is 3. The smallest absolute Gasteiger partial charge is 0.258 e. The first-order valence-electron chi connectivity index (χ1n) is 9.17. The van der Waals surface area contributed by atoms with Crippen LogP contribution in [0.4, 0.5) is 4.39 Å². The number of sulfone groups is 1. The quantitative estimate of drug-likeness (QED) is 0.612. The molecule has 1 aliphatic rings. The third-order valence-electron chi connectivity index (χ3n) is 4.77. The van der Waals surface area contributed by atoms with Crippen LogP contribution in [0.15, 0.2) is 35.4 Å². The van der Waals surface area contributed by atoms with Gasteiger partial charge in [0.05, 0.1) is 12.8 Å². The molecule has 0 saturated heterocycles. The van der Waals surface area contributed by atoms with Crippen molar-refractivity contribution in [2.45, 2.75) is 18.6 Å². The predicted octanol–water partition coefficient (Wildman–Crippen LogP) is 2.47. The molecule has 0 atom stereocenters. The van der Waals surface area contributed by atoms with Crippen LogP contribution in [0.2, 0.25) is 0 Å². The molecule has 0 amide bonds. The number of benzene rings is 1. The largest absolute Gasteiger partial charge is 0.489 e. The zero-order chi connectivity index (χ0) is 20.8. The first kappa shape index (κ1) is 19.5. The van der Waals surface area contributed by atoms with Crippen molar-refractivity contribution in [2.24, 2.45) is 13.0 Å². The van der Waals surface area contributed by atoms with Crippen molar-refractivity contribution in [3.8, 4) is 17.0 Å². The molecule has 0 aliphatic heterocycles. The van der Waals surface area contributed by atoms with E-state index in [9.17, 15) is 17.6 Å². The summed E-state index contributed by atoms with van der Waals surface area (Å²) in [6.07, 6.45) is 6.29. The van der Waals surface area contributed by atoms with Crippen molar-refractivity contribution in [3.05, 3.63) is 52.6 Å². The van der Waals surface area contributed by atoms with Crippen molar-refractivity contribution < 1.29 is 17.5 Å². The molecule has 0 spiro atoms. The topological polar surface area (TPSA) is 91.2 Å². The van der Waals surface area contributed by atoms with Gasteiger partial charge in [-0.1, -0.05) is 0 Å². The summed E-state index contributed by atoms with van der Waals surface area (Å²) in [5.74, 6) is 0.143. The Balaban J connectivity index is 1.93. The fourth-order valence-electron chi connectivity index (χ4n) is 3.13. The molecule has 1 saturated carbocycles. The average Bonchev–Trinajstić information content (AvgIpc) is 3.46. The maximum Gasteiger partial charge on any atom is 0.258 e. The molecule has 4 rings (SSSR count). The molecule has 1 aliphatic carbocycles. The monoisotopic (exact) mass is 417 g/mol. The maximum atomic E-state index is 14.0. The van der Waals surface area contributed by atoms with E-state index in [0.29, 0.717) is 40.3 Å². The Kier molecular flexibility index (Phi) is 4.85. The lowest BCUT2D eigenvalue weighted by molar-refractivity contribution is 0.298. The highest BCUT2D eigenvalue weighted by Crippen LogP contribution is 2.35. The van der Waals surface area contributed by atoms with Gasteiger partial charge in [0.2, 0.25) is 0 Å². The first-order chi connectivity index (χ1) is 13.7. The van der Waals surface area contributed by atoms with E-state index in [1.54, 1.807) is 13.2 Å². The van der Waals surface area contributed by atoms with Crippen LogP contribution >= 0.6 is 0 Å². The van der Waals surface area contributed by atoms with Crippen LogP contribution in [-0.2, 0) is 22.6 Å². The Morgan fingerprint density at radius 3 is 2.72 bits per heavy atom. The third kappa shape index (κ3) is 4.29. The summed E-state index contributed by atoms with van der Waals surface area (Å²) in [6, 6.07) is 3.93. The molecule has 0 bridgehead atoms. The van der Waals surface area contributed by atoms with E-state index in [2.05, 4.69) is 9.97 Å². The van der Waals surface area contributed by atoms with Crippen LogP contribution in [0.3, 0.4) is 0 Å². The van der Waals surface area contributed by atoms with E-state index in [4.69, 9.17) is 4.74 Å². The van der Waals surface area contributed by atoms with E-state index < -0.39 is 15.7 Å². The minimum absolute atomic E-state index is 0.111. The summed E-state index contributed by atoms with van der Waals surface area (Å²) in [5.41, 5.74) is 0.546. The summed E-state index contributed by atoms with van der Waals surface area (Å²) < 4.78 is 44.7. The standard InChI is InChI=1S/C20H20FN3O4S/c1-24-9-16(15-7-13(21)5-6-14(15)20(24)25)19-17(28-10-12-3-4-12)8-22-18(23-19)11-29(2,26)27/h5-9,12H,3-4,10-11H2,1-2H3. The molecule has 2 aromatic heterocycles. The van der Waals surface area contributed by atoms with Gasteiger partial charge in [-0.2, -0.15) is 0 Å². The highest BCUT2D eigenvalue weighted by molar-refractivity contribution is 7.89. The molecule has 0 radical (unpaired) electrons. The number of aromatic nitrogens is 3. The van der Waals surface area contributed by atoms with Gasteiger partial charge in [0.25, 0.3) is 5.56 Å². The van der Waals surface area contributed by atoms with Crippen molar-refractivity contribution >= 4 is 20.6 Å². The van der Waals surface area contributed by atoms with Crippen molar-refractivity contribution in [3.63, 3.8) is 0 Å². The van der Waals surface area contributed by atoms with Crippen molar-refractivity contribution in [2.75, 3.05) is 12.9 Å². The number of fused-ring (bicyclic) bond motifs is 1. The van der Waals surface area contributed by atoms with Crippen LogP contribution in [0.25, 0.3) is 22.0 Å². The van der Waals surface area contributed by atoms with Gasteiger partial charge in [-0.15, -0.1) is 0 Å². The maximum absolute atomic E-state index is 14.0. The van der Waals surface area contributed by atoms with E-state index >= 15 is 0 Å². The van der Waals surface area contributed by atoms with Gasteiger partial charge in [0.15, 0.2) is 15.6 Å². The molecule has 152 valence electrons. The van der Waals surface area contributed by atoms with E-state index in [1.807, 2.05) is 0 Å². The van der Waals surface area contributed by atoms with Gasteiger partial charge in [-0.25, -0.2) is 22.8 Å². The Morgan fingerprint density at radius 1 is 1.28 bits per heavy atom. The zero-order valence-electron chi connectivity index (χ0n) is 16.1. The lowest BCUT2D eigenvalue weighted by Gasteiger charge is -2.14. The first-order valence-corrected chi connectivity index (χ1v) is 11.2. The fraction of sp³-hybridized carbons (Fsp3) is 0.350. The highest BCUT2D eigenvalue weighted by atomic mass is 32.2. The number of aryl methyl sites for hydroxylation is 1. The Morgan fingerprint density at radius 2 is 2.03 bits per heavy atom. The van der Waals surface area contributed by atoms with Crippen molar-refractivity contribution in [1.29, 1.82) is 0 Å². The second kappa shape index (κ2) is 7.22. The summed E-state index contributed by atoms with van der Waals surface area (Å²) in [6.45, 7) is 0.500. The minimum Gasteiger partial charge on any atom is -0.489 e. The lowest BCUT2D eigenvalue weighted by Crippen LogP contribution is -2.17. The summed E-state index contributed by atoms with van der Waals surface area (Å²) in [7, 11) is -1.75. The van der Waals surface area contributed by atoms with Crippen molar-refractivity contribution in [1.82, 2.24) is 14.5 Å². The third-order valence-corrected chi connectivity index (χ3v) is 5.55. The summed E-state index contributed by atoms with van der Waals surface area (Å²) >= 11 is 0. The van der Waals surface area contributed by atoms with E-state index in [0.717, 1.165) is 19.1 Å². The van der Waals surface area contributed by atoms with Crippen LogP contribution < -0.4 is 10.3 Å². The van der Waals surface area contributed by atoms with Gasteiger partial charge < -0.3 is 9.30 Å². The number of hydrogen-bond acceptors (Lipinski definition) is 6. The molecular formula is C20H20FN3O4S. The fourth-order valence-corrected chi connectivity index (χ4v) is 3.74. The molecular weight excluding hydrogens is 397 g/mol. The lowest BCUT2D eigenvalue weighted by atomic mass is 10.0. The molecule has 7 nitrogen and oxygen atoms in total. The van der Waals surface area contributed by atoms with Crippen LogP contribution in [-0.4, -0.2) is 35.8 Å². The van der Waals surface area contributed by atoms with Gasteiger partial charge in [0.1, 0.15) is 23.1 Å². The molecule has 2 heterocycles. The van der Waals surface area contributed by atoms with Gasteiger partial charge in [-0.3, -0.25) is 4.79 Å². The Hall–Kier alpha value is -2.81. The molecule has 9 heteroatoms. The number of ether oxygens (including phenoxy) is 1. The summed E-state index contributed by atoms with van der Waals surface area (Å²) in [5, 5.41) is 0.719. The van der Waals surface area contributed by atoms with E-state index in [1.165, 1.54) is 29.0 Å². The number of rotatable bonds is 6. The average molecular weight is 417 g/mol. The number of halogens is 1. The Bertz CT molecular complexity index is 1270. The second-order valence-electron chi connectivity index (χ2n) is 7.47. The molecule has 1 fully saturated rings. The highest BCUT2D eigenvalue weighted by Gasteiger charge is 2.24. The number of hydrogen-bond donors (Lipinski definition) is 0. The van der Waals surface area contributed by atoms with Gasteiger partial charge in [0, 0.05) is 35.8 Å². The van der Waals surface area contributed by atoms with Crippen LogP contribution in [0, 0.1) is 11.7 Å². The van der Waals surface area contributed by atoms with Gasteiger partial charge >= 0.3 is 0 Å². The van der Waals surface area contributed by atoms with Crippen LogP contribution in [0.5, 0.6) is 5.75 Å². The molecule has 0 unspecified atom stereocenters.